The second-order valence-corrected chi connectivity index (χ2v) is 5.43. The van der Waals surface area contributed by atoms with Gasteiger partial charge in [0.1, 0.15) is 0 Å². The zero-order valence-corrected chi connectivity index (χ0v) is 10.5. The molecule has 1 aromatic rings. The predicted octanol–water partition coefficient (Wildman–Crippen LogP) is 2.66. The number of benzene rings is 1. The molecule has 3 N–H and O–H groups in total. The van der Waals surface area contributed by atoms with E-state index in [0.717, 1.165) is 19.5 Å². The Morgan fingerprint density at radius 3 is 2.88 bits per heavy atom. The van der Waals surface area contributed by atoms with Gasteiger partial charge in [0.15, 0.2) is 0 Å². The summed E-state index contributed by atoms with van der Waals surface area (Å²) in [4.78, 5) is 0. The molecule has 1 aromatic carbocycles. The third-order valence-electron chi connectivity index (χ3n) is 3.94. The molecular weight excluding hydrogens is 196 g/mol. The van der Waals surface area contributed by atoms with E-state index in [1.165, 1.54) is 16.8 Å². The Morgan fingerprint density at radius 2 is 2.19 bits per heavy atom. The van der Waals surface area contributed by atoms with Crippen LogP contribution in [0.4, 0.5) is 5.69 Å². The van der Waals surface area contributed by atoms with E-state index in [4.69, 9.17) is 5.73 Å². The summed E-state index contributed by atoms with van der Waals surface area (Å²) in [7, 11) is 0. The van der Waals surface area contributed by atoms with Crippen molar-refractivity contribution in [3.05, 3.63) is 29.3 Å². The highest BCUT2D eigenvalue weighted by molar-refractivity contribution is 5.58. The van der Waals surface area contributed by atoms with Gasteiger partial charge in [0.2, 0.25) is 0 Å². The number of hydrogen-bond acceptors (Lipinski definition) is 2. The minimum Gasteiger partial charge on any atom is -0.384 e. The Kier molecular flexibility index (Phi) is 2.94. The summed E-state index contributed by atoms with van der Waals surface area (Å²) in [5.41, 5.74) is 10.0. The van der Waals surface area contributed by atoms with Gasteiger partial charge in [0.25, 0.3) is 0 Å². The van der Waals surface area contributed by atoms with E-state index in [1.54, 1.807) is 0 Å². The third-order valence-corrected chi connectivity index (χ3v) is 3.94. The van der Waals surface area contributed by atoms with Crippen LogP contribution in [0.3, 0.4) is 0 Å². The van der Waals surface area contributed by atoms with Crippen LogP contribution in [0.1, 0.15) is 31.4 Å². The molecule has 2 nitrogen and oxygen atoms in total. The third kappa shape index (κ3) is 1.82. The second kappa shape index (κ2) is 4.10. The number of fused-ring (bicyclic) bond motifs is 1. The molecule has 0 aromatic heterocycles. The number of hydrogen-bond donors (Lipinski definition) is 2. The Bertz CT molecular complexity index is 382. The lowest BCUT2D eigenvalue weighted by molar-refractivity contribution is 0.307. The molecule has 88 valence electrons. The quantitative estimate of drug-likeness (QED) is 0.801. The number of anilines is 1. The van der Waals surface area contributed by atoms with Gasteiger partial charge in [-0.05, 0) is 42.9 Å². The van der Waals surface area contributed by atoms with Crippen LogP contribution >= 0.6 is 0 Å². The standard InChI is InChI=1S/C14H22N2/c1-10-4-5-13-12(8-10)14(2,3)11(6-7-15)9-16-13/h4-5,8,11,16H,6-7,9,15H2,1-3H3. The molecule has 0 bridgehead atoms. The molecule has 0 spiro atoms. The molecule has 0 aliphatic carbocycles. The highest BCUT2D eigenvalue weighted by Crippen LogP contribution is 2.41. The van der Waals surface area contributed by atoms with Gasteiger partial charge in [0.05, 0.1) is 0 Å². The van der Waals surface area contributed by atoms with Gasteiger partial charge >= 0.3 is 0 Å². The van der Waals surface area contributed by atoms with Crippen molar-refractivity contribution >= 4 is 5.69 Å². The molecule has 0 fully saturated rings. The molecule has 16 heavy (non-hydrogen) atoms. The van der Waals surface area contributed by atoms with Crippen LogP contribution in [0.15, 0.2) is 18.2 Å². The molecule has 2 rings (SSSR count). The summed E-state index contributed by atoms with van der Waals surface area (Å²) in [6, 6.07) is 6.68. The van der Waals surface area contributed by atoms with Crippen molar-refractivity contribution in [1.29, 1.82) is 0 Å². The number of rotatable bonds is 2. The topological polar surface area (TPSA) is 38.0 Å². The van der Waals surface area contributed by atoms with Gasteiger partial charge in [-0.3, -0.25) is 0 Å². The Hall–Kier alpha value is -1.02. The zero-order chi connectivity index (χ0) is 11.8. The Morgan fingerprint density at radius 1 is 1.44 bits per heavy atom. The van der Waals surface area contributed by atoms with E-state index in [0.29, 0.717) is 5.92 Å². The van der Waals surface area contributed by atoms with Crippen LogP contribution in [0.5, 0.6) is 0 Å². The summed E-state index contributed by atoms with van der Waals surface area (Å²) in [5.74, 6) is 0.631. The van der Waals surface area contributed by atoms with Crippen molar-refractivity contribution in [3.8, 4) is 0 Å². The summed E-state index contributed by atoms with van der Waals surface area (Å²) < 4.78 is 0. The fourth-order valence-corrected chi connectivity index (χ4v) is 2.72. The fourth-order valence-electron chi connectivity index (χ4n) is 2.72. The minimum atomic E-state index is 0.228. The lowest BCUT2D eigenvalue weighted by atomic mass is 9.69. The number of aryl methyl sites for hydroxylation is 1. The molecule has 2 heteroatoms. The van der Waals surface area contributed by atoms with Gasteiger partial charge in [-0.25, -0.2) is 0 Å². The lowest BCUT2D eigenvalue weighted by Crippen LogP contribution is -2.40. The highest BCUT2D eigenvalue weighted by atomic mass is 14.9. The van der Waals surface area contributed by atoms with Crippen LogP contribution in [-0.2, 0) is 5.41 Å². The average Bonchev–Trinajstić information content (AvgIpc) is 2.24. The maximum absolute atomic E-state index is 5.70. The molecule has 1 unspecified atom stereocenters. The molecular formula is C14H22N2. The molecule has 0 saturated heterocycles. The first-order chi connectivity index (χ1) is 7.55. The smallest absolute Gasteiger partial charge is 0.0378 e. The van der Waals surface area contributed by atoms with E-state index in [1.807, 2.05) is 0 Å². The van der Waals surface area contributed by atoms with Crippen LogP contribution in [-0.4, -0.2) is 13.1 Å². The van der Waals surface area contributed by atoms with Gasteiger partial charge in [-0.2, -0.15) is 0 Å². The average molecular weight is 218 g/mol. The maximum atomic E-state index is 5.70. The SMILES string of the molecule is Cc1ccc2c(c1)C(C)(C)C(CCN)CN2. The summed E-state index contributed by atoms with van der Waals surface area (Å²) in [6.07, 6.45) is 1.09. The van der Waals surface area contributed by atoms with Crippen molar-refractivity contribution < 1.29 is 0 Å². The van der Waals surface area contributed by atoms with Gasteiger partial charge in [-0.15, -0.1) is 0 Å². The zero-order valence-electron chi connectivity index (χ0n) is 10.5. The first-order valence-electron chi connectivity index (χ1n) is 6.11. The van der Waals surface area contributed by atoms with E-state index in [9.17, 15) is 0 Å². The predicted molar refractivity (Wildman–Crippen MR) is 69.9 cm³/mol. The van der Waals surface area contributed by atoms with Crippen molar-refractivity contribution in [1.82, 2.24) is 0 Å². The van der Waals surface area contributed by atoms with Crippen molar-refractivity contribution in [2.75, 3.05) is 18.4 Å². The molecule has 1 atom stereocenters. The molecule has 0 radical (unpaired) electrons. The second-order valence-electron chi connectivity index (χ2n) is 5.43. The van der Waals surface area contributed by atoms with Crippen molar-refractivity contribution in [2.45, 2.75) is 32.6 Å². The van der Waals surface area contributed by atoms with Crippen LogP contribution < -0.4 is 11.1 Å². The number of nitrogens with two attached hydrogens (primary N) is 1. The van der Waals surface area contributed by atoms with E-state index < -0.39 is 0 Å². The summed E-state index contributed by atoms with van der Waals surface area (Å²) in [6.45, 7) is 8.65. The van der Waals surface area contributed by atoms with Gasteiger partial charge in [0, 0.05) is 12.2 Å². The van der Waals surface area contributed by atoms with Crippen LogP contribution in [0.25, 0.3) is 0 Å². The first kappa shape index (κ1) is 11.5. The molecule has 1 heterocycles. The molecule has 1 aliphatic heterocycles. The van der Waals surface area contributed by atoms with Gasteiger partial charge in [-0.1, -0.05) is 31.5 Å². The van der Waals surface area contributed by atoms with E-state index in [-0.39, 0.29) is 5.41 Å². The Labute approximate surface area is 98.2 Å². The summed E-state index contributed by atoms with van der Waals surface area (Å²) >= 11 is 0. The van der Waals surface area contributed by atoms with Crippen LogP contribution in [0.2, 0.25) is 0 Å². The normalized spacial score (nSPS) is 22.4. The van der Waals surface area contributed by atoms with Crippen molar-refractivity contribution in [3.63, 3.8) is 0 Å². The highest BCUT2D eigenvalue weighted by Gasteiger charge is 2.35. The first-order valence-corrected chi connectivity index (χ1v) is 6.11. The lowest BCUT2D eigenvalue weighted by Gasteiger charge is -2.41. The van der Waals surface area contributed by atoms with Gasteiger partial charge < -0.3 is 11.1 Å². The van der Waals surface area contributed by atoms with Crippen molar-refractivity contribution in [2.24, 2.45) is 11.7 Å². The van der Waals surface area contributed by atoms with E-state index in [2.05, 4.69) is 44.3 Å². The fraction of sp³-hybridized carbons (Fsp3) is 0.571. The molecule has 1 aliphatic rings. The van der Waals surface area contributed by atoms with E-state index >= 15 is 0 Å². The molecule has 0 saturated carbocycles. The summed E-state index contributed by atoms with van der Waals surface area (Å²) in [5, 5.41) is 3.52. The van der Waals surface area contributed by atoms with Crippen LogP contribution in [0, 0.1) is 12.8 Å². The minimum absolute atomic E-state index is 0.228. The maximum Gasteiger partial charge on any atom is 0.0378 e. The Balaban J connectivity index is 2.40. The largest absolute Gasteiger partial charge is 0.384 e. The molecule has 0 amide bonds. The monoisotopic (exact) mass is 218 g/mol. The number of nitrogens with one attached hydrogen (secondary N) is 1.